The minimum atomic E-state index is 0.803. The first-order valence-corrected chi connectivity index (χ1v) is 4.53. The number of aromatic nitrogens is 2. The molecule has 0 radical (unpaired) electrons. The fourth-order valence-corrected chi connectivity index (χ4v) is 1.03. The van der Waals surface area contributed by atoms with Crippen molar-refractivity contribution in [3.05, 3.63) is 24.3 Å². The molecule has 0 bridgehead atoms. The molecule has 0 spiro atoms. The van der Waals surface area contributed by atoms with Gasteiger partial charge in [-0.25, -0.2) is 0 Å². The van der Waals surface area contributed by atoms with Crippen LogP contribution in [0.5, 0.6) is 0 Å². The second kappa shape index (κ2) is 6.51. The van der Waals surface area contributed by atoms with Crippen molar-refractivity contribution in [1.29, 1.82) is 0 Å². The Morgan fingerprint density at radius 3 is 2.92 bits per heavy atom. The first-order valence-electron chi connectivity index (χ1n) is 4.53. The van der Waals surface area contributed by atoms with Crippen molar-refractivity contribution in [2.45, 2.75) is 13.0 Å². The fourth-order valence-electron chi connectivity index (χ4n) is 1.03. The molecule has 0 amide bonds. The normalized spacial score (nSPS) is 10.2. The van der Waals surface area contributed by atoms with E-state index in [9.17, 15) is 0 Å². The summed E-state index contributed by atoms with van der Waals surface area (Å²) in [6.45, 7) is 2.86. The lowest BCUT2D eigenvalue weighted by atomic mass is 10.4. The number of hydrogen-bond acceptors (Lipinski definition) is 4. The fraction of sp³-hybridized carbons (Fsp3) is 0.556. The van der Waals surface area contributed by atoms with Gasteiger partial charge in [-0.05, 0) is 26.6 Å². The molecule has 0 unspecified atom stereocenters. The lowest BCUT2D eigenvalue weighted by Gasteiger charge is -2.02. The monoisotopic (exact) mass is 180 g/mol. The molecule has 0 saturated carbocycles. The smallest absolute Gasteiger partial charge is 0.0724 e. The maximum Gasteiger partial charge on any atom is 0.0724 e. The van der Waals surface area contributed by atoms with Crippen molar-refractivity contribution in [2.75, 3.05) is 20.1 Å². The molecule has 4 nitrogen and oxygen atoms in total. The maximum atomic E-state index is 4.16. The van der Waals surface area contributed by atoms with E-state index < -0.39 is 0 Å². The molecule has 0 saturated heterocycles. The number of nitrogens with zero attached hydrogens (tertiary/aromatic N) is 2. The highest BCUT2D eigenvalue weighted by Crippen LogP contribution is 1.88. The third-order valence-corrected chi connectivity index (χ3v) is 1.70. The van der Waals surface area contributed by atoms with Crippen LogP contribution in [0.15, 0.2) is 18.6 Å². The Labute approximate surface area is 78.8 Å². The predicted octanol–water partition coefficient (Wildman–Crippen LogP) is 0.176. The number of hydrogen-bond donors (Lipinski definition) is 2. The van der Waals surface area contributed by atoms with Gasteiger partial charge < -0.3 is 10.6 Å². The van der Waals surface area contributed by atoms with Gasteiger partial charge in [0.05, 0.1) is 5.69 Å². The van der Waals surface area contributed by atoms with E-state index in [0.29, 0.717) is 0 Å². The van der Waals surface area contributed by atoms with Gasteiger partial charge in [-0.2, -0.15) is 0 Å². The van der Waals surface area contributed by atoms with E-state index in [1.807, 2.05) is 7.05 Å². The van der Waals surface area contributed by atoms with Gasteiger partial charge >= 0.3 is 0 Å². The lowest BCUT2D eigenvalue weighted by molar-refractivity contribution is 0.618. The SMILES string of the molecule is CNCCCNCc1cnccn1. The molecule has 0 aliphatic heterocycles. The zero-order valence-corrected chi connectivity index (χ0v) is 7.95. The molecule has 1 aromatic rings. The Morgan fingerprint density at radius 2 is 2.23 bits per heavy atom. The minimum Gasteiger partial charge on any atom is -0.320 e. The molecular formula is C9H16N4. The van der Waals surface area contributed by atoms with Crippen LogP contribution in [0.25, 0.3) is 0 Å². The Kier molecular flexibility index (Phi) is 5.05. The second-order valence-corrected chi connectivity index (χ2v) is 2.83. The van der Waals surface area contributed by atoms with Crippen molar-refractivity contribution in [3.8, 4) is 0 Å². The predicted molar refractivity (Wildman–Crippen MR) is 52.3 cm³/mol. The summed E-state index contributed by atoms with van der Waals surface area (Å²) in [5.41, 5.74) is 0.993. The summed E-state index contributed by atoms with van der Waals surface area (Å²) in [6.07, 6.45) is 6.32. The Hall–Kier alpha value is -1.00. The van der Waals surface area contributed by atoms with Crippen molar-refractivity contribution in [2.24, 2.45) is 0 Å². The van der Waals surface area contributed by atoms with Crippen LogP contribution in [0.1, 0.15) is 12.1 Å². The highest BCUT2D eigenvalue weighted by Gasteiger charge is 1.91. The van der Waals surface area contributed by atoms with Crippen molar-refractivity contribution in [1.82, 2.24) is 20.6 Å². The van der Waals surface area contributed by atoms with Gasteiger partial charge in [-0.3, -0.25) is 9.97 Å². The zero-order valence-electron chi connectivity index (χ0n) is 7.95. The Morgan fingerprint density at radius 1 is 1.31 bits per heavy atom. The average molecular weight is 180 g/mol. The molecule has 0 aromatic carbocycles. The first-order chi connectivity index (χ1) is 6.43. The molecule has 2 N–H and O–H groups in total. The Bertz CT molecular complexity index is 212. The van der Waals surface area contributed by atoms with Crippen LogP contribution in [0.2, 0.25) is 0 Å². The van der Waals surface area contributed by atoms with E-state index in [-0.39, 0.29) is 0 Å². The van der Waals surface area contributed by atoms with Gasteiger partial charge in [0.25, 0.3) is 0 Å². The molecule has 4 heteroatoms. The Balaban J connectivity index is 2.07. The third kappa shape index (κ3) is 4.55. The van der Waals surface area contributed by atoms with Gasteiger partial charge in [-0.1, -0.05) is 0 Å². The molecule has 1 aromatic heterocycles. The van der Waals surface area contributed by atoms with E-state index in [1.165, 1.54) is 0 Å². The van der Waals surface area contributed by atoms with Crippen molar-refractivity contribution >= 4 is 0 Å². The van der Waals surface area contributed by atoms with Crippen LogP contribution >= 0.6 is 0 Å². The molecule has 0 atom stereocenters. The van der Waals surface area contributed by atoms with Crippen LogP contribution in [0.4, 0.5) is 0 Å². The van der Waals surface area contributed by atoms with Gasteiger partial charge in [0.1, 0.15) is 0 Å². The summed E-state index contributed by atoms with van der Waals surface area (Å²) >= 11 is 0. The molecule has 0 aliphatic rings. The lowest BCUT2D eigenvalue weighted by Crippen LogP contribution is -2.19. The first kappa shape index (κ1) is 10.1. The van der Waals surface area contributed by atoms with Crippen LogP contribution < -0.4 is 10.6 Å². The largest absolute Gasteiger partial charge is 0.320 e. The van der Waals surface area contributed by atoms with Crippen LogP contribution in [-0.2, 0) is 6.54 Å². The van der Waals surface area contributed by atoms with Crippen LogP contribution in [0.3, 0.4) is 0 Å². The summed E-state index contributed by atoms with van der Waals surface area (Å²) in [5.74, 6) is 0. The van der Waals surface area contributed by atoms with Gasteiger partial charge in [-0.15, -0.1) is 0 Å². The molecule has 13 heavy (non-hydrogen) atoms. The molecule has 0 aliphatic carbocycles. The summed E-state index contributed by atoms with van der Waals surface area (Å²) in [7, 11) is 1.96. The summed E-state index contributed by atoms with van der Waals surface area (Å²) in [5, 5.41) is 6.39. The molecule has 1 heterocycles. The van der Waals surface area contributed by atoms with Crippen LogP contribution in [-0.4, -0.2) is 30.1 Å². The molecular weight excluding hydrogens is 164 g/mol. The minimum absolute atomic E-state index is 0.803. The average Bonchev–Trinajstić information content (AvgIpc) is 2.19. The summed E-state index contributed by atoms with van der Waals surface area (Å²) < 4.78 is 0. The molecule has 1 rings (SSSR count). The summed E-state index contributed by atoms with van der Waals surface area (Å²) in [4.78, 5) is 8.14. The number of nitrogens with one attached hydrogen (secondary N) is 2. The van der Waals surface area contributed by atoms with Gasteiger partial charge in [0.2, 0.25) is 0 Å². The molecule has 0 fully saturated rings. The standard InChI is InChI=1S/C9H16N4/c1-10-3-2-4-11-7-9-8-12-5-6-13-9/h5-6,8,10-11H,2-4,7H2,1H3. The van der Waals surface area contributed by atoms with Crippen molar-refractivity contribution < 1.29 is 0 Å². The second-order valence-electron chi connectivity index (χ2n) is 2.83. The maximum absolute atomic E-state index is 4.16. The van der Waals surface area contributed by atoms with Gasteiger partial charge in [0, 0.05) is 25.1 Å². The third-order valence-electron chi connectivity index (χ3n) is 1.70. The summed E-state index contributed by atoms with van der Waals surface area (Å²) in [6, 6.07) is 0. The zero-order chi connectivity index (χ0) is 9.36. The van der Waals surface area contributed by atoms with Gasteiger partial charge in [0.15, 0.2) is 0 Å². The number of rotatable bonds is 6. The topological polar surface area (TPSA) is 49.8 Å². The van der Waals surface area contributed by atoms with E-state index >= 15 is 0 Å². The highest BCUT2D eigenvalue weighted by molar-refractivity contribution is 4.93. The van der Waals surface area contributed by atoms with Crippen molar-refractivity contribution in [3.63, 3.8) is 0 Å². The van der Waals surface area contributed by atoms with E-state index in [1.54, 1.807) is 18.6 Å². The van der Waals surface area contributed by atoms with E-state index in [2.05, 4.69) is 20.6 Å². The van der Waals surface area contributed by atoms with E-state index in [4.69, 9.17) is 0 Å². The van der Waals surface area contributed by atoms with Crippen LogP contribution in [0, 0.1) is 0 Å². The van der Waals surface area contributed by atoms with E-state index in [0.717, 1.165) is 31.7 Å². The quantitative estimate of drug-likeness (QED) is 0.613. The molecule has 72 valence electrons. The highest BCUT2D eigenvalue weighted by atomic mass is 14.9.